The van der Waals surface area contributed by atoms with Crippen LogP contribution in [0.1, 0.15) is 32.1 Å². The fraction of sp³-hybridized carbons (Fsp3) is 0.158. The van der Waals surface area contributed by atoms with E-state index < -0.39 is 22.5 Å². The molecule has 1 aromatic heterocycles. The molecule has 0 bridgehead atoms. The molecule has 0 atom stereocenters. The average Bonchev–Trinajstić information content (AvgIpc) is 2.70. The Hall–Kier alpha value is -3.88. The van der Waals surface area contributed by atoms with Crippen molar-refractivity contribution in [2.24, 2.45) is 0 Å². The van der Waals surface area contributed by atoms with Gasteiger partial charge >= 0.3 is 11.9 Å². The standard InChI is InChI=1S/C19H15N3O6/c1-11-17(21-16-6-4-3-5-15(16)20-11)10-28-19(24)13-7-12(18(23)27-2)8-14(9-13)22(25)26/h3-9H,10H2,1-2H3. The molecule has 0 amide bonds. The van der Waals surface area contributed by atoms with Crippen LogP contribution < -0.4 is 0 Å². The molecular formula is C19H15N3O6. The summed E-state index contributed by atoms with van der Waals surface area (Å²) in [6, 6.07) is 10.5. The highest BCUT2D eigenvalue weighted by molar-refractivity contribution is 5.96. The third-order valence-corrected chi connectivity index (χ3v) is 3.97. The molecule has 0 fully saturated rings. The fourth-order valence-corrected chi connectivity index (χ4v) is 2.55. The first-order chi connectivity index (χ1) is 13.4. The first kappa shape index (κ1) is 18.9. The summed E-state index contributed by atoms with van der Waals surface area (Å²) in [7, 11) is 1.14. The number of para-hydroxylation sites is 2. The molecule has 0 spiro atoms. The van der Waals surface area contributed by atoms with E-state index in [0.29, 0.717) is 16.9 Å². The largest absolute Gasteiger partial charge is 0.465 e. The molecule has 1 heterocycles. The van der Waals surface area contributed by atoms with Gasteiger partial charge in [-0.15, -0.1) is 0 Å². The van der Waals surface area contributed by atoms with E-state index >= 15 is 0 Å². The van der Waals surface area contributed by atoms with Gasteiger partial charge in [0.1, 0.15) is 6.61 Å². The molecule has 9 nitrogen and oxygen atoms in total. The second-order valence-electron chi connectivity index (χ2n) is 5.84. The van der Waals surface area contributed by atoms with Crippen LogP contribution in [0.5, 0.6) is 0 Å². The maximum Gasteiger partial charge on any atom is 0.338 e. The number of carbonyl (C=O) groups excluding carboxylic acids is 2. The zero-order valence-corrected chi connectivity index (χ0v) is 15.0. The van der Waals surface area contributed by atoms with Crippen molar-refractivity contribution in [2.75, 3.05) is 7.11 Å². The van der Waals surface area contributed by atoms with Gasteiger partial charge in [-0.1, -0.05) is 12.1 Å². The Morgan fingerprint density at radius 2 is 1.64 bits per heavy atom. The molecule has 0 aliphatic heterocycles. The van der Waals surface area contributed by atoms with Crippen molar-refractivity contribution in [3.8, 4) is 0 Å². The Labute approximate surface area is 159 Å². The minimum Gasteiger partial charge on any atom is -0.465 e. The second-order valence-corrected chi connectivity index (χ2v) is 5.84. The molecule has 9 heteroatoms. The number of aryl methyl sites for hydroxylation is 1. The van der Waals surface area contributed by atoms with Crippen molar-refractivity contribution in [1.29, 1.82) is 0 Å². The summed E-state index contributed by atoms with van der Waals surface area (Å²) in [5.74, 6) is -1.63. The van der Waals surface area contributed by atoms with E-state index in [4.69, 9.17) is 4.74 Å². The molecule has 0 saturated carbocycles. The Kier molecular flexibility index (Phi) is 5.25. The average molecular weight is 381 g/mol. The third kappa shape index (κ3) is 3.93. The first-order valence-corrected chi connectivity index (χ1v) is 8.16. The molecule has 142 valence electrons. The highest BCUT2D eigenvalue weighted by Crippen LogP contribution is 2.20. The van der Waals surface area contributed by atoms with Crippen LogP contribution in [0.25, 0.3) is 11.0 Å². The SMILES string of the molecule is COC(=O)c1cc(C(=O)OCc2nc3ccccc3nc2C)cc([N+](=O)[O-])c1. The maximum absolute atomic E-state index is 12.4. The van der Waals surface area contributed by atoms with Crippen LogP contribution in [0.15, 0.2) is 42.5 Å². The number of benzene rings is 2. The number of aromatic nitrogens is 2. The Bertz CT molecular complexity index is 1100. The molecule has 0 N–H and O–H groups in total. The number of ether oxygens (including phenoxy) is 2. The molecule has 3 aromatic rings. The van der Waals surface area contributed by atoms with Crippen LogP contribution in [-0.4, -0.2) is 33.9 Å². The smallest absolute Gasteiger partial charge is 0.338 e. The minimum absolute atomic E-state index is 0.120. The van der Waals surface area contributed by atoms with E-state index in [-0.39, 0.29) is 17.7 Å². The van der Waals surface area contributed by atoms with Gasteiger partial charge in [0, 0.05) is 12.1 Å². The van der Waals surface area contributed by atoms with Crippen LogP contribution >= 0.6 is 0 Å². The zero-order chi connectivity index (χ0) is 20.3. The summed E-state index contributed by atoms with van der Waals surface area (Å²) in [4.78, 5) is 43.3. The molecule has 0 aliphatic rings. The van der Waals surface area contributed by atoms with E-state index in [1.54, 1.807) is 13.0 Å². The molecule has 0 aliphatic carbocycles. The molecule has 2 aromatic carbocycles. The molecular weight excluding hydrogens is 366 g/mol. The van der Waals surface area contributed by atoms with Gasteiger partial charge in [0.2, 0.25) is 0 Å². The quantitative estimate of drug-likeness (QED) is 0.375. The number of carbonyl (C=O) groups is 2. The normalized spacial score (nSPS) is 10.5. The van der Waals surface area contributed by atoms with Crippen LogP contribution in [-0.2, 0) is 16.1 Å². The molecule has 0 radical (unpaired) electrons. The minimum atomic E-state index is -0.830. The number of hydrogen-bond donors (Lipinski definition) is 0. The van der Waals surface area contributed by atoms with Crippen LogP contribution in [0.2, 0.25) is 0 Å². The fourth-order valence-electron chi connectivity index (χ4n) is 2.55. The van der Waals surface area contributed by atoms with E-state index in [0.717, 1.165) is 24.8 Å². The maximum atomic E-state index is 12.4. The summed E-state index contributed by atoms with van der Waals surface area (Å²) in [6.45, 7) is 1.57. The number of hydrogen-bond acceptors (Lipinski definition) is 8. The van der Waals surface area contributed by atoms with Gasteiger partial charge in [-0.05, 0) is 25.1 Å². The van der Waals surface area contributed by atoms with E-state index in [1.807, 2.05) is 18.2 Å². The topological polar surface area (TPSA) is 122 Å². The lowest BCUT2D eigenvalue weighted by atomic mass is 10.1. The molecule has 0 saturated heterocycles. The number of rotatable bonds is 5. The predicted molar refractivity (Wildman–Crippen MR) is 97.8 cm³/mol. The van der Waals surface area contributed by atoms with Gasteiger partial charge in [0.25, 0.3) is 5.69 Å². The Morgan fingerprint density at radius 1 is 1.04 bits per heavy atom. The second kappa shape index (κ2) is 7.78. The van der Waals surface area contributed by atoms with Crippen molar-refractivity contribution in [1.82, 2.24) is 9.97 Å². The van der Waals surface area contributed by atoms with Gasteiger partial charge in [-0.3, -0.25) is 10.1 Å². The lowest BCUT2D eigenvalue weighted by Crippen LogP contribution is -2.11. The summed E-state index contributed by atoms with van der Waals surface area (Å²) in [6.07, 6.45) is 0. The van der Waals surface area contributed by atoms with Gasteiger partial charge in [0.15, 0.2) is 0 Å². The zero-order valence-electron chi connectivity index (χ0n) is 15.0. The van der Waals surface area contributed by atoms with Crippen molar-refractivity contribution in [2.45, 2.75) is 13.5 Å². The number of esters is 2. The monoisotopic (exact) mass is 381 g/mol. The summed E-state index contributed by atoms with van der Waals surface area (Å²) >= 11 is 0. The highest BCUT2D eigenvalue weighted by atomic mass is 16.6. The number of nitro groups is 1. The van der Waals surface area contributed by atoms with Crippen LogP contribution in [0, 0.1) is 17.0 Å². The van der Waals surface area contributed by atoms with E-state index in [1.165, 1.54) is 6.07 Å². The summed E-state index contributed by atoms with van der Waals surface area (Å²) in [5.41, 5.74) is 1.76. The lowest BCUT2D eigenvalue weighted by Gasteiger charge is -2.09. The Morgan fingerprint density at radius 3 is 2.25 bits per heavy atom. The Balaban J connectivity index is 1.85. The molecule has 0 unspecified atom stereocenters. The molecule has 3 rings (SSSR count). The van der Waals surface area contributed by atoms with Crippen LogP contribution in [0.4, 0.5) is 5.69 Å². The van der Waals surface area contributed by atoms with Gasteiger partial charge in [0.05, 0.1) is 45.6 Å². The van der Waals surface area contributed by atoms with Gasteiger partial charge < -0.3 is 9.47 Å². The lowest BCUT2D eigenvalue weighted by molar-refractivity contribution is -0.384. The van der Waals surface area contributed by atoms with Gasteiger partial charge in [-0.25, -0.2) is 19.6 Å². The van der Waals surface area contributed by atoms with Crippen LogP contribution in [0.3, 0.4) is 0 Å². The number of fused-ring (bicyclic) bond motifs is 1. The third-order valence-electron chi connectivity index (χ3n) is 3.97. The highest BCUT2D eigenvalue weighted by Gasteiger charge is 2.19. The van der Waals surface area contributed by atoms with Crippen molar-refractivity contribution in [3.05, 3.63) is 75.1 Å². The summed E-state index contributed by atoms with van der Waals surface area (Å²) < 4.78 is 9.79. The van der Waals surface area contributed by atoms with Crippen molar-refractivity contribution in [3.63, 3.8) is 0 Å². The van der Waals surface area contributed by atoms with Gasteiger partial charge in [-0.2, -0.15) is 0 Å². The summed E-state index contributed by atoms with van der Waals surface area (Å²) in [5, 5.41) is 11.1. The number of nitro benzene ring substituents is 1. The first-order valence-electron chi connectivity index (χ1n) is 8.16. The van der Waals surface area contributed by atoms with E-state index in [9.17, 15) is 19.7 Å². The molecule has 28 heavy (non-hydrogen) atoms. The van der Waals surface area contributed by atoms with E-state index in [2.05, 4.69) is 14.7 Å². The number of non-ortho nitro benzene ring substituents is 1. The van der Waals surface area contributed by atoms with Crippen molar-refractivity contribution >= 4 is 28.7 Å². The number of methoxy groups -OCH3 is 1. The predicted octanol–water partition coefficient (Wildman–Crippen LogP) is 2.99. The van der Waals surface area contributed by atoms with Crippen molar-refractivity contribution < 1.29 is 24.0 Å². The number of nitrogens with zero attached hydrogens (tertiary/aromatic N) is 3.